The van der Waals surface area contributed by atoms with Crippen molar-refractivity contribution in [2.24, 2.45) is 5.41 Å². The van der Waals surface area contributed by atoms with Gasteiger partial charge in [0.05, 0.1) is 0 Å². The summed E-state index contributed by atoms with van der Waals surface area (Å²) in [6, 6.07) is 11.0. The van der Waals surface area contributed by atoms with Crippen molar-refractivity contribution in [3.05, 3.63) is 79.5 Å². The van der Waals surface area contributed by atoms with E-state index in [4.69, 9.17) is 0 Å². The minimum atomic E-state index is 0.113. The van der Waals surface area contributed by atoms with Crippen molar-refractivity contribution in [3.8, 4) is 0 Å². The summed E-state index contributed by atoms with van der Waals surface area (Å²) in [6.07, 6.45) is 8.23. The molecule has 2 aliphatic rings. The molecule has 122 valence electrons. The van der Waals surface area contributed by atoms with Crippen LogP contribution >= 0.6 is 27.3 Å². The molecule has 1 heterocycles. The van der Waals surface area contributed by atoms with E-state index in [0.717, 1.165) is 6.42 Å². The van der Waals surface area contributed by atoms with Crippen molar-refractivity contribution in [2.75, 3.05) is 0 Å². The molecule has 24 heavy (non-hydrogen) atoms. The van der Waals surface area contributed by atoms with E-state index in [0.29, 0.717) is 5.92 Å². The highest BCUT2D eigenvalue weighted by atomic mass is 79.9. The highest BCUT2D eigenvalue weighted by Crippen LogP contribution is 2.54. The number of rotatable bonds is 3. The lowest BCUT2D eigenvalue weighted by Crippen LogP contribution is -2.24. The summed E-state index contributed by atoms with van der Waals surface area (Å²) in [5.74, 6) is 0.451. The molecule has 0 radical (unpaired) electrons. The van der Waals surface area contributed by atoms with Crippen molar-refractivity contribution >= 4 is 38.9 Å². The Bertz CT molecular complexity index is 879. The fourth-order valence-electron chi connectivity index (χ4n) is 4.25. The van der Waals surface area contributed by atoms with Gasteiger partial charge in [-0.15, -0.1) is 11.3 Å². The minimum absolute atomic E-state index is 0.113. The van der Waals surface area contributed by atoms with Crippen LogP contribution in [0, 0.1) is 5.41 Å². The molecule has 0 nitrogen and oxygen atoms in total. The van der Waals surface area contributed by atoms with E-state index >= 15 is 0 Å². The third kappa shape index (κ3) is 2.48. The molecule has 4 rings (SSSR count). The Kier molecular flexibility index (Phi) is 3.93. The van der Waals surface area contributed by atoms with Crippen LogP contribution in [0.25, 0.3) is 11.6 Å². The smallest absolute Gasteiger partial charge is 0.0339 e. The molecule has 1 unspecified atom stereocenters. The van der Waals surface area contributed by atoms with Gasteiger partial charge >= 0.3 is 0 Å². The standard InChI is InChI=1S/C22H21BrS/c1-14-12-18-17(6-4-7-19(18)23)21(14)22(2,3)16-10-9-15(13-16)20-8-5-11-24-20/h4-9,11-13,21H,10H2,1-3H3. The van der Waals surface area contributed by atoms with E-state index in [1.165, 1.54) is 37.2 Å². The highest BCUT2D eigenvalue weighted by molar-refractivity contribution is 9.10. The molecule has 0 bridgehead atoms. The minimum Gasteiger partial charge on any atom is -0.144 e. The maximum Gasteiger partial charge on any atom is 0.0339 e. The monoisotopic (exact) mass is 396 g/mol. The predicted molar refractivity (Wildman–Crippen MR) is 109 cm³/mol. The molecular formula is C22H21BrS. The van der Waals surface area contributed by atoms with Crippen LogP contribution in [0.15, 0.2) is 63.5 Å². The molecule has 2 aromatic rings. The fourth-order valence-corrected chi connectivity index (χ4v) is 5.48. The first-order chi connectivity index (χ1) is 11.5. The van der Waals surface area contributed by atoms with Crippen LogP contribution in [0.2, 0.25) is 0 Å². The number of thiophene rings is 1. The molecule has 0 aliphatic heterocycles. The summed E-state index contributed by atoms with van der Waals surface area (Å²) in [5.41, 5.74) is 7.32. The van der Waals surface area contributed by atoms with Gasteiger partial charge in [-0.25, -0.2) is 0 Å². The molecule has 2 aliphatic carbocycles. The molecule has 1 aromatic carbocycles. The van der Waals surface area contributed by atoms with Crippen LogP contribution < -0.4 is 0 Å². The summed E-state index contributed by atoms with van der Waals surface area (Å²) in [5, 5.41) is 2.16. The lowest BCUT2D eigenvalue weighted by atomic mass is 9.68. The van der Waals surface area contributed by atoms with E-state index in [1.54, 1.807) is 0 Å². The molecule has 0 saturated carbocycles. The van der Waals surface area contributed by atoms with Crippen LogP contribution in [0.3, 0.4) is 0 Å². The quantitative estimate of drug-likeness (QED) is 0.505. The van der Waals surface area contributed by atoms with Gasteiger partial charge in [0.2, 0.25) is 0 Å². The lowest BCUT2D eigenvalue weighted by Gasteiger charge is -2.35. The lowest BCUT2D eigenvalue weighted by molar-refractivity contribution is 0.383. The summed E-state index contributed by atoms with van der Waals surface area (Å²) in [4.78, 5) is 1.38. The number of hydrogen-bond donors (Lipinski definition) is 0. The third-order valence-corrected chi connectivity index (χ3v) is 7.06. The predicted octanol–water partition coefficient (Wildman–Crippen LogP) is 7.45. The zero-order chi connectivity index (χ0) is 16.9. The number of halogens is 1. The van der Waals surface area contributed by atoms with E-state index in [1.807, 2.05) is 11.3 Å². The zero-order valence-electron chi connectivity index (χ0n) is 14.3. The van der Waals surface area contributed by atoms with Crippen LogP contribution in [0.1, 0.15) is 49.1 Å². The number of hydrogen-bond acceptors (Lipinski definition) is 1. The largest absolute Gasteiger partial charge is 0.144 e. The average molecular weight is 397 g/mol. The molecular weight excluding hydrogens is 376 g/mol. The Morgan fingerprint density at radius 2 is 1.96 bits per heavy atom. The number of benzene rings is 1. The molecule has 2 heteroatoms. The Balaban J connectivity index is 1.72. The number of fused-ring (bicyclic) bond motifs is 1. The number of allylic oxidation sites excluding steroid dienone is 5. The fraction of sp³-hybridized carbons (Fsp3) is 0.273. The van der Waals surface area contributed by atoms with Gasteiger partial charge in [-0.2, -0.15) is 0 Å². The molecule has 0 N–H and O–H groups in total. The summed E-state index contributed by atoms with van der Waals surface area (Å²) < 4.78 is 1.20. The topological polar surface area (TPSA) is 0 Å². The van der Waals surface area contributed by atoms with Gasteiger partial charge in [0.1, 0.15) is 0 Å². The van der Waals surface area contributed by atoms with Crippen LogP contribution in [0.5, 0.6) is 0 Å². The normalized spacial score (nSPS) is 19.8. The van der Waals surface area contributed by atoms with Gasteiger partial charge in [-0.3, -0.25) is 0 Å². The summed E-state index contributed by atoms with van der Waals surface area (Å²) in [6.45, 7) is 7.09. The highest BCUT2D eigenvalue weighted by Gasteiger charge is 2.39. The van der Waals surface area contributed by atoms with Gasteiger partial charge in [0.15, 0.2) is 0 Å². The van der Waals surface area contributed by atoms with E-state index < -0.39 is 0 Å². The van der Waals surface area contributed by atoms with Crippen molar-refractivity contribution in [2.45, 2.75) is 33.1 Å². The summed E-state index contributed by atoms with van der Waals surface area (Å²) >= 11 is 5.55. The van der Waals surface area contributed by atoms with Crippen molar-refractivity contribution in [1.82, 2.24) is 0 Å². The van der Waals surface area contributed by atoms with E-state index in [2.05, 4.69) is 90.6 Å². The van der Waals surface area contributed by atoms with Crippen molar-refractivity contribution < 1.29 is 0 Å². The Morgan fingerprint density at radius 3 is 2.71 bits per heavy atom. The first kappa shape index (κ1) is 16.1. The van der Waals surface area contributed by atoms with Gasteiger partial charge in [-0.1, -0.05) is 77.4 Å². The van der Waals surface area contributed by atoms with Crippen LogP contribution in [-0.4, -0.2) is 0 Å². The maximum absolute atomic E-state index is 3.72. The maximum atomic E-state index is 3.72. The molecule has 0 amide bonds. The average Bonchev–Trinajstić information content (AvgIpc) is 3.26. The van der Waals surface area contributed by atoms with Gasteiger partial charge in [-0.05, 0) is 53.0 Å². The van der Waals surface area contributed by atoms with Gasteiger partial charge < -0.3 is 0 Å². The van der Waals surface area contributed by atoms with Crippen LogP contribution in [-0.2, 0) is 0 Å². The first-order valence-electron chi connectivity index (χ1n) is 8.40. The SMILES string of the molecule is CC1=Cc2c(Br)cccc2C1C(C)(C)C1=CC(c2cccs2)=CC1. The second-order valence-corrected chi connectivity index (χ2v) is 9.10. The van der Waals surface area contributed by atoms with E-state index in [9.17, 15) is 0 Å². The Hall–Kier alpha value is -1.38. The third-order valence-electron chi connectivity index (χ3n) is 5.45. The molecule has 0 saturated heterocycles. The van der Waals surface area contributed by atoms with Gasteiger partial charge in [0.25, 0.3) is 0 Å². The van der Waals surface area contributed by atoms with Crippen LogP contribution in [0.4, 0.5) is 0 Å². The molecule has 1 aromatic heterocycles. The Labute approximate surface area is 156 Å². The Morgan fingerprint density at radius 1 is 1.12 bits per heavy atom. The van der Waals surface area contributed by atoms with Gasteiger partial charge in [0, 0.05) is 15.3 Å². The summed E-state index contributed by atoms with van der Waals surface area (Å²) in [7, 11) is 0. The van der Waals surface area contributed by atoms with Crippen molar-refractivity contribution in [1.29, 1.82) is 0 Å². The van der Waals surface area contributed by atoms with E-state index in [-0.39, 0.29) is 5.41 Å². The molecule has 1 atom stereocenters. The second kappa shape index (κ2) is 5.86. The first-order valence-corrected chi connectivity index (χ1v) is 10.1. The second-order valence-electron chi connectivity index (χ2n) is 7.30. The molecule has 0 spiro atoms. The molecule has 0 fully saturated rings. The van der Waals surface area contributed by atoms with Crippen molar-refractivity contribution in [3.63, 3.8) is 0 Å². The zero-order valence-corrected chi connectivity index (χ0v) is 16.7.